The number of hydrogen-bond donors (Lipinski definition) is 3. The van der Waals surface area contributed by atoms with Crippen LogP contribution in [0.5, 0.6) is 0 Å². The lowest BCUT2D eigenvalue weighted by molar-refractivity contribution is 0.100. The number of carbonyl (C=O) groups is 1. The number of aryl methyl sites for hydroxylation is 2. The van der Waals surface area contributed by atoms with Crippen molar-refractivity contribution >= 4 is 34.9 Å². The minimum atomic E-state index is -0.619. The Labute approximate surface area is 134 Å². The average Bonchev–Trinajstić information content (AvgIpc) is 2.75. The largest absolute Gasteiger partial charge is 0.366 e. The molecule has 1 aromatic heterocycles. The van der Waals surface area contributed by atoms with Gasteiger partial charge in [-0.25, -0.2) is 4.39 Å². The molecule has 0 unspecified atom stereocenters. The molecule has 4 N–H and O–H groups in total. The van der Waals surface area contributed by atoms with Crippen molar-refractivity contribution in [2.24, 2.45) is 5.73 Å². The molecular weight excluding hydrogens is 307 g/mol. The molecule has 1 aromatic carbocycles. The summed E-state index contributed by atoms with van der Waals surface area (Å²) in [6.45, 7) is 6.97. The number of nitrogens with two attached hydrogens (primary N) is 1. The summed E-state index contributed by atoms with van der Waals surface area (Å²) in [4.78, 5) is 16.8. The molecule has 2 aromatic rings. The average molecular weight is 327 g/mol. The fourth-order valence-corrected chi connectivity index (χ4v) is 3.00. The molecule has 3 rings (SSSR count). The second-order valence-corrected chi connectivity index (χ2v) is 5.48. The monoisotopic (exact) mass is 326 g/mol. The quantitative estimate of drug-likeness (QED) is 0.788. The molecule has 0 radical (unpaired) electrons. The summed E-state index contributed by atoms with van der Waals surface area (Å²) >= 11 is 0. The Kier molecular flexibility index (Phi) is 4.63. The zero-order valence-corrected chi connectivity index (χ0v) is 13.4. The van der Waals surface area contributed by atoms with E-state index >= 15 is 0 Å². The van der Waals surface area contributed by atoms with Crippen molar-refractivity contribution in [1.29, 1.82) is 0 Å². The third-order valence-electron chi connectivity index (χ3n) is 4.20. The molecular formula is C15H20ClFN4O. The van der Waals surface area contributed by atoms with Gasteiger partial charge in [-0.05, 0) is 25.5 Å². The van der Waals surface area contributed by atoms with Gasteiger partial charge in [-0.1, -0.05) is 0 Å². The van der Waals surface area contributed by atoms with Crippen LogP contribution in [0.1, 0.15) is 21.6 Å². The van der Waals surface area contributed by atoms with Gasteiger partial charge in [0, 0.05) is 37.3 Å². The summed E-state index contributed by atoms with van der Waals surface area (Å²) in [5, 5.41) is 4.02. The third-order valence-corrected chi connectivity index (χ3v) is 4.20. The molecule has 0 bridgehead atoms. The molecule has 0 aliphatic carbocycles. The number of fused-ring (bicyclic) bond motifs is 1. The van der Waals surface area contributed by atoms with Crippen LogP contribution in [0.3, 0.4) is 0 Å². The normalized spacial score (nSPS) is 15.0. The van der Waals surface area contributed by atoms with Crippen molar-refractivity contribution < 1.29 is 9.18 Å². The van der Waals surface area contributed by atoms with E-state index in [1.165, 1.54) is 6.07 Å². The fraction of sp³-hybridized carbons (Fsp3) is 0.400. The number of rotatable bonds is 2. The van der Waals surface area contributed by atoms with Crippen LogP contribution in [0.4, 0.5) is 10.1 Å². The first-order valence-electron chi connectivity index (χ1n) is 7.07. The minimum absolute atomic E-state index is 0. The van der Waals surface area contributed by atoms with Crippen LogP contribution in [0.2, 0.25) is 0 Å². The van der Waals surface area contributed by atoms with Gasteiger partial charge >= 0.3 is 0 Å². The first-order chi connectivity index (χ1) is 10.0. The van der Waals surface area contributed by atoms with Crippen molar-refractivity contribution in [2.75, 3.05) is 31.1 Å². The number of benzene rings is 1. The standard InChI is InChI=1S/C15H19FN4O.ClH/c1-8-9(2)19-13-10(15(17)21)7-11(16)14(12(8)13)20-5-3-18-4-6-20;/h7,18-19H,3-6H2,1-2H3,(H2,17,21);1H. The van der Waals surface area contributed by atoms with E-state index in [0.717, 1.165) is 42.8 Å². The number of amides is 1. The first kappa shape index (κ1) is 16.6. The molecule has 0 atom stereocenters. The number of hydrogen-bond acceptors (Lipinski definition) is 3. The van der Waals surface area contributed by atoms with E-state index in [-0.39, 0.29) is 23.8 Å². The Bertz CT molecular complexity index is 722. The summed E-state index contributed by atoms with van der Waals surface area (Å²) in [6.07, 6.45) is 0. The Morgan fingerprint density at radius 2 is 1.95 bits per heavy atom. The number of nitrogens with one attached hydrogen (secondary N) is 2. The second kappa shape index (κ2) is 6.14. The van der Waals surface area contributed by atoms with Gasteiger partial charge in [0.15, 0.2) is 0 Å². The third kappa shape index (κ3) is 2.53. The second-order valence-electron chi connectivity index (χ2n) is 5.48. The number of H-pyrrole nitrogens is 1. The Morgan fingerprint density at radius 3 is 2.55 bits per heavy atom. The molecule has 1 amide bonds. The number of aromatic amines is 1. The number of primary amides is 1. The van der Waals surface area contributed by atoms with E-state index in [1.54, 1.807) is 0 Å². The number of nitrogens with zero attached hydrogens (tertiary/aromatic N) is 1. The minimum Gasteiger partial charge on any atom is -0.366 e. The van der Waals surface area contributed by atoms with E-state index in [4.69, 9.17) is 5.73 Å². The van der Waals surface area contributed by atoms with Gasteiger partial charge in [0.2, 0.25) is 0 Å². The van der Waals surface area contributed by atoms with E-state index < -0.39 is 5.91 Å². The molecule has 1 aliphatic heterocycles. The highest BCUT2D eigenvalue weighted by Crippen LogP contribution is 2.36. The highest BCUT2D eigenvalue weighted by Gasteiger charge is 2.24. The zero-order valence-electron chi connectivity index (χ0n) is 12.6. The van der Waals surface area contributed by atoms with Crippen LogP contribution in [0.15, 0.2) is 6.07 Å². The lowest BCUT2D eigenvalue weighted by Gasteiger charge is -2.30. The van der Waals surface area contributed by atoms with Crippen molar-refractivity contribution in [2.45, 2.75) is 13.8 Å². The molecule has 1 saturated heterocycles. The van der Waals surface area contributed by atoms with E-state index in [2.05, 4.69) is 10.3 Å². The molecule has 120 valence electrons. The van der Waals surface area contributed by atoms with Crippen LogP contribution < -0.4 is 16.0 Å². The molecule has 5 nitrogen and oxygen atoms in total. The molecule has 22 heavy (non-hydrogen) atoms. The zero-order chi connectivity index (χ0) is 15.1. The SMILES string of the molecule is Cc1[nH]c2c(C(N)=O)cc(F)c(N3CCNCC3)c2c1C.Cl. The molecule has 1 aliphatic rings. The van der Waals surface area contributed by atoms with Gasteiger partial charge < -0.3 is 20.9 Å². The van der Waals surface area contributed by atoms with Crippen molar-refractivity contribution in [3.8, 4) is 0 Å². The molecule has 2 heterocycles. The molecule has 7 heteroatoms. The predicted octanol–water partition coefficient (Wildman–Crippen LogP) is 1.85. The summed E-state index contributed by atoms with van der Waals surface area (Å²) < 4.78 is 14.6. The summed E-state index contributed by atoms with van der Waals surface area (Å²) in [6, 6.07) is 1.25. The fourth-order valence-electron chi connectivity index (χ4n) is 3.00. The van der Waals surface area contributed by atoms with Gasteiger partial charge in [0.05, 0.1) is 16.8 Å². The maximum atomic E-state index is 14.6. The Morgan fingerprint density at radius 1 is 1.32 bits per heavy atom. The van der Waals surface area contributed by atoms with Crippen LogP contribution in [0.25, 0.3) is 10.9 Å². The van der Waals surface area contributed by atoms with E-state index in [0.29, 0.717) is 11.2 Å². The van der Waals surface area contributed by atoms with Crippen molar-refractivity contribution in [3.63, 3.8) is 0 Å². The summed E-state index contributed by atoms with van der Waals surface area (Å²) in [7, 11) is 0. The number of carbonyl (C=O) groups excluding carboxylic acids is 1. The van der Waals surface area contributed by atoms with Crippen LogP contribution in [-0.2, 0) is 0 Å². The Hall–Kier alpha value is -1.79. The number of anilines is 1. The first-order valence-corrected chi connectivity index (χ1v) is 7.07. The number of piperazine rings is 1. The highest BCUT2D eigenvalue weighted by atomic mass is 35.5. The summed E-state index contributed by atoms with van der Waals surface area (Å²) in [5.41, 5.74) is 8.68. The molecule has 0 saturated carbocycles. The van der Waals surface area contributed by atoms with E-state index in [9.17, 15) is 9.18 Å². The maximum Gasteiger partial charge on any atom is 0.250 e. The molecule has 0 spiro atoms. The van der Waals surface area contributed by atoms with Crippen LogP contribution in [0, 0.1) is 19.7 Å². The smallest absolute Gasteiger partial charge is 0.250 e. The lowest BCUT2D eigenvalue weighted by atomic mass is 10.0. The highest BCUT2D eigenvalue weighted by molar-refractivity contribution is 6.10. The predicted molar refractivity (Wildman–Crippen MR) is 88.6 cm³/mol. The maximum absolute atomic E-state index is 14.6. The van der Waals surface area contributed by atoms with Gasteiger partial charge in [-0.15, -0.1) is 12.4 Å². The van der Waals surface area contributed by atoms with Gasteiger partial charge in [0.1, 0.15) is 5.82 Å². The summed E-state index contributed by atoms with van der Waals surface area (Å²) in [5.74, 6) is -1.01. The van der Waals surface area contributed by atoms with Gasteiger partial charge in [-0.2, -0.15) is 0 Å². The molecule has 1 fully saturated rings. The van der Waals surface area contributed by atoms with Gasteiger partial charge in [0.25, 0.3) is 5.91 Å². The lowest BCUT2D eigenvalue weighted by Crippen LogP contribution is -2.44. The van der Waals surface area contributed by atoms with Gasteiger partial charge in [-0.3, -0.25) is 4.79 Å². The van der Waals surface area contributed by atoms with E-state index in [1.807, 2.05) is 18.7 Å². The Balaban J connectivity index is 0.00000176. The van der Waals surface area contributed by atoms with Crippen LogP contribution in [-0.4, -0.2) is 37.1 Å². The topological polar surface area (TPSA) is 74.2 Å². The van der Waals surface area contributed by atoms with Crippen molar-refractivity contribution in [1.82, 2.24) is 10.3 Å². The van der Waals surface area contributed by atoms with Crippen LogP contribution >= 0.6 is 12.4 Å². The number of halogens is 2. The van der Waals surface area contributed by atoms with Crippen molar-refractivity contribution in [3.05, 3.63) is 28.7 Å². The number of aromatic nitrogens is 1.